The van der Waals surface area contributed by atoms with Crippen LogP contribution < -0.4 is 10.6 Å². The van der Waals surface area contributed by atoms with E-state index in [2.05, 4.69) is 20.6 Å². The number of hydrogen-bond acceptors (Lipinski definition) is 6. The van der Waals surface area contributed by atoms with Crippen LogP contribution in [-0.4, -0.2) is 21.7 Å². The van der Waals surface area contributed by atoms with Crippen molar-refractivity contribution in [3.63, 3.8) is 0 Å². The second kappa shape index (κ2) is 9.11. The van der Waals surface area contributed by atoms with E-state index in [1.54, 1.807) is 17.6 Å². The lowest BCUT2D eigenvalue weighted by Gasteiger charge is -2.15. The highest BCUT2D eigenvalue weighted by Gasteiger charge is 2.51. The summed E-state index contributed by atoms with van der Waals surface area (Å²) in [5.41, 5.74) is 0.751. The number of pyridine rings is 1. The smallest absolute Gasteiger partial charge is 0.354 e. The highest BCUT2D eigenvalue weighted by atomic mass is 35.5. The maximum atomic E-state index is 13.3. The number of carbonyl (C=O) groups is 2. The molecule has 1 saturated carbocycles. The number of hydrogen-bond donors (Lipinski definition) is 2. The Morgan fingerprint density at radius 2 is 1.94 bits per heavy atom. The van der Waals surface area contributed by atoms with E-state index in [0.29, 0.717) is 29.1 Å². The number of nitrogens with zero attached hydrogens (tertiary/aromatic N) is 2. The molecule has 0 saturated heterocycles. The van der Waals surface area contributed by atoms with Gasteiger partial charge >= 0.3 is 6.18 Å². The third-order valence-corrected chi connectivity index (χ3v) is 6.41. The zero-order valence-electron chi connectivity index (χ0n) is 17.1. The van der Waals surface area contributed by atoms with Gasteiger partial charge in [0.2, 0.25) is 5.91 Å². The minimum absolute atomic E-state index is 0.0146. The first-order valence-corrected chi connectivity index (χ1v) is 11.2. The van der Waals surface area contributed by atoms with Crippen molar-refractivity contribution in [3.05, 3.63) is 69.4 Å². The summed E-state index contributed by atoms with van der Waals surface area (Å²) in [5, 5.41) is 5.49. The third kappa shape index (κ3) is 5.51. The third-order valence-electron chi connectivity index (χ3n) is 5.36. The number of alkyl halides is 3. The number of anilines is 2. The van der Waals surface area contributed by atoms with Crippen molar-refractivity contribution >= 4 is 46.0 Å². The topological polar surface area (TPSA) is 84.0 Å². The average molecular weight is 495 g/mol. The monoisotopic (exact) mass is 494 g/mol. The van der Waals surface area contributed by atoms with E-state index < -0.39 is 17.2 Å². The van der Waals surface area contributed by atoms with Crippen LogP contribution in [-0.2, 0) is 17.5 Å². The Kier molecular flexibility index (Phi) is 6.40. The van der Waals surface area contributed by atoms with E-state index in [0.717, 1.165) is 6.07 Å². The van der Waals surface area contributed by atoms with Gasteiger partial charge in [-0.15, -0.1) is 11.3 Å². The summed E-state index contributed by atoms with van der Waals surface area (Å²) >= 11 is 6.95. The highest BCUT2D eigenvalue weighted by Crippen LogP contribution is 2.49. The standard InChI is InChI=1S/C22H18ClF3N4O2S/c23-13-1-4-17(16(7-13)22(24,25)26)30-15-3-2-14(28-10-15)9-29-20(32)21(5-6-21)8-18(31)19-11-27-12-33-19/h1-4,7,10-12,30H,5-6,8-9H2,(H,29,32). The molecular weight excluding hydrogens is 477 g/mol. The van der Waals surface area contributed by atoms with Gasteiger partial charge in [0.15, 0.2) is 5.78 Å². The number of nitrogens with one attached hydrogen (secondary N) is 2. The molecule has 1 aromatic carbocycles. The highest BCUT2D eigenvalue weighted by molar-refractivity contribution is 7.11. The molecule has 33 heavy (non-hydrogen) atoms. The molecule has 0 aliphatic heterocycles. The van der Waals surface area contributed by atoms with Crippen LogP contribution in [0, 0.1) is 5.41 Å². The lowest BCUT2D eigenvalue weighted by atomic mass is 9.98. The lowest BCUT2D eigenvalue weighted by molar-refractivity contribution is -0.137. The molecule has 0 bridgehead atoms. The van der Waals surface area contributed by atoms with Gasteiger partial charge in [0, 0.05) is 17.6 Å². The van der Waals surface area contributed by atoms with Crippen LogP contribution in [0.1, 0.15) is 40.2 Å². The van der Waals surface area contributed by atoms with Crippen LogP contribution in [0.3, 0.4) is 0 Å². The van der Waals surface area contributed by atoms with Crippen LogP contribution in [0.2, 0.25) is 5.02 Å². The fraction of sp³-hybridized carbons (Fsp3) is 0.273. The molecule has 6 nitrogen and oxygen atoms in total. The number of rotatable bonds is 8. The van der Waals surface area contributed by atoms with Crippen molar-refractivity contribution < 1.29 is 22.8 Å². The molecule has 0 radical (unpaired) electrons. The molecule has 11 heteroatoms. The number of thiazole rings is 1. The molecule has 1 amide bonds. The molecule has 1 fully saturated rings. The van der Waals surface area contributed by atoms with Crippen LogP contribution in [0.4, 0.5) is 24.5 Å². The van der Waals surface area contributed by atoms with Crippen LogP contribution in [0.25, 0.3) is 0 Å². The predicted molar refractivity (Wildman–Crippen MR) is 119 cm³/mol. The minimum atomic E-state index is -4.56. The first kappa shape index (κ1) is 23.2. The quantitative estimate of drug-likeness (QED) is 0.397. The minimum Gasteiger partial charge on any atom is -0.354 e. The zero-order chi connectivity index (χ0) is 23.6. The van der Waals surface area contributed by atoms with Gasteiger partial charge in [0.05, 0.1) is 51.2 Å². The Morgan fingerprint density at radius 1 is 1.15 bits per heavy atom. The number of carbonyl (C=O) groups excluding carboxylic acids is 2. The molecule has 0 spiro atoms. The summed E-state index contributed by atoms with van der Waals surface area (Å²) < 4.78 is 39.8. The molecule has 0 atom stereocenters. The predicted octanol–water partition coefficient (Wildman–Crippen LogP) is 5.62. The number of benzene rings is 1. The molecule has 4 rings (SSSR count). The summed E-state index contributed by atoms with van der Waals surface area (Å²) in [6.07, 6.45) is -0.256. The largest absolute Gasteiger partial charge is 0.418 e. The van der Waals surface area contributed by atoms with Crippen molar-refractivity contribution in [1.82, 2.24) is 15.3 Å². The molecule has 2 N–H and O–H groups in total. The fourth-order valence-electron chi connectivity index (χ4n) is 3.36. The van der Waals surface area contributed by atoms with Crippen molar-refractivity contribution in [2.24, 2.45) is 5.41 Å². The second-order valence-electron chi connectivity index (χ2n) is 7.78. The molecule has 3 aromatic rings. The van der Waals surface area contributed by atoms with Gasteiger partial charge in [-0.3, -0.25) is 19.6 Å². The maximum Gasteiger partial charge on any atom is 0.418 e. The number of aromatic nitrogens is 2. The molecular formula is C22H18ClF3N4O2S. The van der Waals surface area contributed by atoms with E-state index in [4.69, 9.17) is 11.6 Å². The van der Waals surface area contributed by atoms with Gasteiger partial charge in [0.1, 0.15) is 0 Å². The molecule has 2 heterocycles. The summed E-state index contributed by atoms with van der Waals surface area (Å²) in [4.78, 5) is 33.6. The first-order valence-electron chi connectivity index (χ1n) is 9.95. The first-order chi connectivity index (χ1) is 15.7. The average Bonchev–Trinajstić information content (AvgIpc) is 3.33. The fourth-order valence-corrected chi connectivity index (χ4v) is 4.09. The normalized spacial score (nSPS) is 14.5. The van der Waals surface area contributed by atoms with Gasteiger partial charge in [0.25, 0.3) is 0 Å². The van der Waals surface area contributed by atoms with Crippen LogP contribution >= 0.6 is 22.9 Å². The van der Waals surface area contributed by atoms with E-state index in [1.165, 1.54) is 35.9 Å². The summed E-state index contributed by atoms with van der Waals surface area (Å²) in [7, 11) is 0. The Morgan fingerprint density at radius 3 is 2.55 bits per heavy atom. The molecule has 2 aromatic heterocycles. The van der Waals surface area contributed by atoms with Crippen LogP contribution in [0.15, 0.2) is 48.2 Å². The molecule has 172 valence electrons. The molecule has 1 aliphatic carbocycles. The molecule has 0 unspecified atom stereocenters. The summed E-state index contributed by atoms with van der Waals surface area (Å²) in [6.45, 7) is 0.143. The van der Waals surface area contributed by atoms with Crippen molar-refractivity contribution in [1.29, 1.82) is 0 Å². The van der Waals surface area contributed by atoms with Gasteiger partial charge in [-0.05, 0) is 43.2 Å². The summed E-state index contributed by atoms with van der Waals surface area (Å²) in [5.74, 6) is -0.306. The van der Waals surface area contributed by atoms with E-state index in [1.807, 2.05) is 0 Å². The number of amides is 1. The number of Topliss-reactive ketones (excluding diaryl/α,β-unsaturated/α-hetero) is 1. The van der Waals surface area contributed by atoms with E-state index in [-0.39, 0.29) is 35.4 Å². The lowest BCUT2D eigenvalue weighted by Crippen LogP contribution is -2.33. The maximum absolute atomic E-state index is 13.3. The van der Waals surface area contributed by atoms with Crippen molar-refractivity contribution in [2.45, 2.75) is 32.0 Å². The van der Waals surface area contributed by atoms with Crippen molar-refractivity contribution in [3.8, 4) is 0 Å². The van der Waals surface area contributed by atoms with E-state index >= 15 is 0 Å². The Hall–Kier alpha value is -2.98. The molecule has 1 aliphatic rings. The van der Waals surface area contributed by atoms with Crippen LogP contribution in [0.5, 0.6) is 0 Å². The Bertz CT molecular complexity index is 1160. The van der Waals surface area contributed by atoms with Crippen molar-refractivity contribution in [2.75, 3.05) is 5.32 Å². The number of ketones is 1. The van der Waals surface area contributed by atoms with Gasteiger partial charge < -0.3 is 10.6 Å². The Labute approximate surface area is 196 Å². The Balaban J connectivity index is 1.35. The second-order valence-corrected chi connectivity index (χ2v) is 9.10. The van der Waals surface area contributed by atoms with Gasteiger partial charge in [-0.1, -0.05) is 11.6 Å². The summed E-state index contributed by atoms with van der Waals surface area (Å²) in [6, 6.07) is 6.65. The zero-order valence-corrected chi connectivity index (χ0v) is 18.7. The number of halogens is 4. The van der Waals surface area contributed by atoms with Gasteiger partial charge in [-0.25, -0.2) is 0 Å². The SMILES string of the molecule is O=C(CC1(C(=O)NCc2ccc(Nc3ccc(Cl)cc3C(F)(F)F)cn2)CC1)c1cncs1. The van der Waals surface area contributed by atoms with E-state index in [9.17, 15) is 22.8 Å². The van der Waals surface area contributed by atoms with Gasteiger partial charge in [-0.2, -0.15) is 13.2 Å².